The molecular formula is C34H59N3O2. The maximum atomic E-state index is 11.9. The summed E-state index contributed by atoms with van der Waals surface area (Å²) >= 11 is 0. The lowest BCUT2D eigenvalue weighted by Crippen LogP contribution is -2.24. The summed E-state index contributed by atoms with van der Waals surface area (Å²) < 4.78 is 1.40. The molecule has 2 aromatic rings. The number of nitrogens with two attached hydrogens (primary N) is 2. The third kappa shape index (κ3) is 15.1. The minimum atomic E-state index is -0.172. The van der Waals surface area contributed by atoms with Gasteiger partial charge in [-0.3, -0.25) is 9.36 Å². The average Bonchev–Trinajstić information content (AvgIpc) is 2.93. The van der Waals surface area contributed by atoms with Gasteiger partial charge in [0.25, 0.3) is 5.56 Å². The summed E-state index contributed by atoms with van der Waals surface area (Å²) in [5, 5.41) is 9.97. The first-order valence-corrected chi connectivity index (χ1v) is 15.9. The number of rotatable bonds is 19. The van der Waals surface area contributed by atoms with Crippen LogP contribution in [0.3, 0.4) is 0 Å². The number of unbranched alkanes of at least 4 members (excludes halogenated alkanes) is 12. The van der Waals surface area contributed by atoms with Crippen molar-refractivity contribution in [1.82, 2.24) is 4.57 Å². The Morgan fingerprint density at radius 1 is 0.769 bits per heavy atom. The number of pyridine rings is 1. The Morgan fingerprint density at radius 3 is 1.79 bits per heavy atom. The standard InChI is InChI=1S/C20H35N.C14H24N2O2/c1-2-3-4-5-6-7-8-9-10-11-12-13-14-19-15-17-20(21)18-16-19;1-4-6-7-11(5-2)9-16-12(17)8-10(3)13(15)14(16)18/h15-18H,2-14,21H2,1H3;8,11,18H,4-7,9,15H2,1-3H3. The molecule has 0 bridgehead atoms. The number of aromatic nitrogens is 1. The number of nitrogen functional groups attached to an aromatic ring is 2. The molecule has 1 unspecified atom stereocenters. The van der Waals surface area contributed by atoms with E-state index < -0.39 is 0 Å². The molecule has 0 saturated carbocycles. The average molecular weight is 542 g/mol. The minimum absolute atomic E-state index is 0.0880. The van der Waals surface area contributed by atoms with Crippen molar-refractivity contribution in [2.75, 3.05) is 11.5 Å². The van der Waals surface area contributed by atoms with Crippen molar-refractivity contribution in [3.8, 4) is 5.88 Å². The highest BCUT2D eigenvalue weighted by Crippen LogP contribution is 2.24. The monoisotopic (exact) mass is 541 g/mol. The number of nitrogens with zero attached hydrogens (tertiary/aromatic N) is 1. The lowest BCUT2D eigenvalue weighted by molar-refractivity contribution is 0.341. The molecular weight excluding hydrogens is 482 g/mol. The van der Waals surface area contributed by atoms with Crippen LogP contribution in [0.1, 0.15) is 135 Å². The lowest BCUT2D eigenvalue weighted by Gasteiger charge is -2.18. The van der Waals surface area contributed by atoms with E-state index in [1.807, 2.05) is 12.1 Å². The van der Waals surface area contributed by atoms with Gasteiger partial charge in [-0.1, -0.05) is 123 Å². The topological polar surface area (TPSA) is 94.3 Å². The third-order valence-electron chi connectivity index (χ3n) is 7.81. The van der Waals surface area contributed by atoms with E-state index in [1.165, 1.54) is 99.7 Å². The van der Waals surface area contributed by atoms with Crippen LogP contribution in [-0.4, -0.2) is 9.67 Å². The number of hydrogen-bond acceptors (Lipinski definition) is 4. The minimum Gasteiger partial charge on any atom is -0.493 e. The Hall–Kier alpha value is -2.43. The number of hydrogen-bond donors (Lipinski definition) is 3. The van der Waals surface area contributed by atoms with Gasteiger partial charge in [-0.25, -0.2) is 0 Å². The van der Waals surface area contributed by atoms with Crippen LogP contribution in [0.25, 0.3) is 0 Å². The second-order valence-electron chi connectivity index (χ2n) is 11.3. The van der Waals surface area contributed by atoms with Crippen molar-refractivity contribution < 1.29 is 5.11 Å². The van der Waals surface area contributed by atoms with E-state index in [-0.39, 0.29) is 11.4 Å². The van der Waals surface area contributed by atoms with Gasteiger partial charge in [-0.2, -0.15) is 0 Å². The summed E-state index contributed by atoms with van der Waals surface area (Å²) in [5.41, 5.74) is 14.5. The maximum Gasteiger partial charge on any atom is 0.253 e. The van der Waals surface area contributed by atoms with Crippen LogP contribution in [0.15, 0.2) is 35.1 Å². The van der Waals surface area contributed by atoms with E-state index in [4.69, 9.17) is 11.5 Å². The second-order valence-corrected chi connectivity index (χ2v) is 11.3. The Bertz CT molecular complexity index is 937. The summed E-state index contributed by atoms with van der Waals surface area (Å²) in [4.78, 5) is 11.9. The molecule has 0 aliphatic carbocycles. The van der Waals surface area contributed by atoms with E-state index in [2.05, 4.69) is 32.9 Å². The molecule has 0 fully saturated rings. The first-order chi connectivity index (χ1) is 18.8. The largest absolute Gasteiger partial charge is 0.493 e. The van der Waals surface area contributed by atoms with Crippen molar-refractivity contribution in [2.45, 2.75) is 143 Å². The Kier molecular flexibility index (Phi) is 19.0. The fraction of sp³-hybridized carbons (Fsp3) is 0.676. The molecule has 5 N–H and O–H groups in total. The number of anilines is 2. The molecule has 1 aromatic heterocycles. The van der Waals surface area contributed by atoms with Gasteiger partial charge in [0, 0.05) is 18.3 Å². The van der Waals surface area contributed by atoms with Crippen LogP contribution in [-0.2, 0) is 13.0 Å². The first kappa shape index (κ1) is 34.6. The zero-order valence-corrected chi connectivity index (χ0v) is 25.6. The molecule has 5 heteroatoms. The summed E-state index contributed by atoms with van der Waals surface area (Å²) in [7, 11) is 0. The predicted octanol–water partition coefficient (Wildman–Crippen LogP) is 9.17. The lowest BCUT2D eigenvalue weighted by atomic mass is 9.99. The summed E-state index contributed by atoms with van der Waals surface area (Å²) in [6.07, 6.45) is 22.6. The van der Waals surface area contributed by atoms with Crippen molar-refractivity contribution in [3.05, 3.63) is 51.8 Å². The van der Waals surface area contributed by atoms with Crippen LogP contribution < -0.4 is 17.0 Å². The smallest absolute Gasteiger partial charge is 0.253 e. The summed E-state index contributed by atoms with van der Waals surface area (Å²) in [6.45, 7) is 8.83. The highest BCUT2D eigenvalue weighted by molar-refractivity contribution is 5.53. The SMILES string of the molecule is CCCCC(CC)Cn1c(O)c(N)c(C)cc1=O.CCCCCCCCCCCCCCc1ccc(N)cc1. The van der Waals surface area contributed by atoms with E-state index in [9.17, 15) is 9.90 Å². The van der Waals surface area contributed by atoms with Gasteiger partial charge in [-0.15, -0.1) is 0 Å². The van der Waals surface area contributed by atoms with Gasteiger partial charge in [0.15, 0.2) is 0 Å². The van der Waals surface area contributed by atoms with Gasteiger partial charge in [0.2, 0.25) is 5.88 Å². The zero-order valence-electron chi connectivity index (χ0n) is 25.6. The van der Waals surface area contributed by atoms with Crippen molar-refractivity contribution >= 4 is 11.4 Å². The van der Waals surface area contributed by atoms with Crippen LogP contribution in [0.2, 0.25) is 0 Å². The van der Waals surface area contributed by atoms with Gasteiger partial charge in [-0.05, 0) is 55.4 Å². The third-order valence-corrected chi connectivity index (χ3v) is 7.81. The van der Waals surface area contributed by atoms with Gasteiger partial charge in [0.1, 0.15) is 0 Å². The molecule has 1 aromatic carbocycles. The molecule has 222 valence electrons. The van der Waals surface area contributed by atoms with Crippen LogP contribution in [0.4, 0.5) is 11.4 Å². The molecule has 0 saturated heterocycles. The van der Waals surface area contributed by atoms with Gasteiger partial charge >= 0.3 is 0 Å². The molecule has 39 heavy (non-hydrogen) atoms. The van der Waals surface area contributed by atoms with E-state index >= 15 is 0 Å². The molecule has 1 atom stereocenters. The second kappa shape index (κ2) is 21.4. The van der Waals surface area contributed by atoms with E-state index in [1.54, 1.807) is 6.92 Å². The Morgan fingerprint density at radius 2 is 1.28 bits per heavy atom. The Labute approximate surface area is 239 Å². The number of aromatic hydroxyl groups is 1. The summed E-state index contributed by atoms with van der Waals surface area (Å²) in [6, 6.07) is 9.83. The zero-order chi connectivity index (χ0) is 28.9. The highest BCUT2D eigenvalue weighted by atomic mass is 16.3. The fourth-order valence-corrected chi connectivity index (χ4v) is 4.97. The number of benzene rings is 1. The fourth-order valence-electron chi connectivity index (χ4n) is 4.97. The molecule has 0 amide bonds. The predicted molar refractivity (Wildman–Crippen MR) is 170 cm³/mol. The quantitative estimate of drug-likeness (QED) is 0.122. The molecule has 2 rings (SSSR count). The van der Waals surface area contributed by atoms with Crippen molar-refractivity contribution in [2.24, 2.45) is 5.92 Å². The van der Waals surface area contributed by atoms with Gasteiger partial charge in [0.05, 0.1) is 5.69 Å². The summed E-state index contributed by atoms with van der Waals surface area (Å²) in [5.74, 6) is 0.325. The van der Waals surface area contributed by atoms with E-state index in [0.717, 1.165) is 31.4 Å². The molecule has 5 nitrogen and oxygen atoms in total. The maximum absolute atomic E-state index is 11.9. The van der Waals surface area contributed by atoms with Crippen LogP contribution >= 0.6 is 0 Å². The van der Waals surface area contributed by atoms with Crippen molar-refractivity contribution in [3.63, 3.8) is 0 Å². The molecule has 0 radical (unpaired) electrons. The Balaban J connectivity index is 0.000000395. The molecule has 0 aliphatic rings. The number of aryl methyl sites for hydroxylation is 2. The molecule has 1 heterocycles. The normalized spacial score (nSPS) is 11.7. The van der Waals surface area contributed by atoms with Crippen LogP contribution in [0.5, 0.6) is 5.88 Å². The van der Waals surface area contributed by atoms with Crippen LogP contribution in [0, 0.1) is 12.8 Å². The van der Waals surface area contributed by atoms with E-state index in [0.29, 0.717) is 23.7 Å². The highest BCUT2D eigenvalue weighted by Gasteiger charge is 2.14. The van der Waals surface area contributed by atoms with Gasteiger partial charge < -0.3 is 16.6 Å². The molecule has 0 aliphatic heterocycles. The molecule has 0 spiro atoms. The van der Waals surface area contributed by atoms with Crippen molar-refractivity contribution in [1.29, 1.82) is 0 Å². The first-order valence-electron chi connectivity index (χ1n) is 15.9.